The predicted octanol–water partition coefficient (Wildman–Crippen LogP) is 2.67. The molecular weight excluding hydrogens is 296 g/mol. The molecule has 5 heteroatoms. The van der Waals surface area contributed by atoms with Gasteiger partial charge in [-0.15, -0.1) is 0 Å². The maximum absolute atomic E-state index is 10.5. The Morgan fingerprint density at radius 3 is 1.70 bits per heavy atom. The molecule has 1 saturated carbocycles. The maximum Gasteiger partial charge on any atom is 0.112 e. The number of ether oxygens (including phenoxy) is 3. The molecule has 0 aromatic heterocycles. The molecule has 5 nitrogen and oxygen atoms in total. The van der Waals surface area contributed by atoms with Gasteiger partial charge in [-0.3, -0.25) is 0 Å². The summed E-state index contributed by atoms with van der Waals surface area (Å²) in [5, 5.41) is 20.8. The van der Waals surface area contributed by atoms with Crippen molar-refractivity contribution in [1.29, 1.82) is 0 Å². The summed E-state index contributed by atoms with van der Waals surface area (Å²) in [4.78, 5) is 0. The largest absolute Gasteiger partial charge is 0.388 e. The first-order valence-electron chi connectivity index (χ1n) is 9.36. The van der Waals surface area contributed by atoms with Crippen molar-refractivity contribution in [2.24, 2.45) is 0 Å². The summed E-state index contributed by atoms with van der Waals surface area (Å²) in [5.74, 6) is 0. The number of unbranched alkanes of at least 4 members (excludes halogenated alkanes) is 3. The van der Waals surface area contributed by atoms with Crippen molar-refractivity contribution in [2.75, 3.05) is 19.8 Å². The van der Waals surface area contributed by atoms with Crippen molar-refractivity contribution in [3.63, 3.8) is 0 Å². The van der Waals surface area contributed by atoms with Crippen molar-refractivity contribution >= 4 is 0 Å². The molecule has 0 amide bonds. The van der Waals surface area contributed by atoms with Crippen molar-refractivity contribution in [3.05, 3.63) is 0 Å². The summed E-state index contributed by atoms with van der Waals surface area (Å²) in [6.45, 7) is 8.16. The fourth-order valence-corrected chi connectivity index (χ4v) is 2.79. The highest BCUT2D eigenvalue weighted by Gasteiger charge is 2.45. The SMILES string of the molecule is CCCCOC1C[C@H](OCCCC)C(OCCCC)[C@@H](O)C1O. The molecule has 2 N–H and O–H groups in total. The lowest BCUT2D eigenvalue weighted by molar-refractivity contribution is -0.215. The van der Waals surface area contributed by atoms with Gasteiger partial charge in [0.25, 0.3) is 0 Å². The van der Waals surface area contributed by atoms with Gasteiger partial charge in [0.1, 0.15) is 18.3 Å². The van der Waals surface area contributed by atoms with Gasteiger partial charge in [-0.1, -0.05) is 40.0 Å². The molecule has 0 heterocycles. The number of hydrogen-bond acceptors (Lipinski definition) is 5. The number of aliphatic hydroxyl groups excluding tert-OH is 2. The molecule has 3 unspecified atom stereocenters. The Balaban J connectivity index is 2.62. The first kappa shape index (κ1) is 20.8. The van der Waals surface area contributed by atoms with Gasteiger partial charge in [0.15, 0.2) is 0 Å². The number of aliphatic hydroxyl groups is 2. The second-order valence-electron chi connectivity index (χ2n) is 6.43. The molecule has 0 saturated heterocycles. The second kappa shape index (κ2) is 12.2. The second-order valence-corrected chi connectivity index (χ2v) is 6.43. The van der Waals surface area contributed by atoms with E-state index in [1.54, 1.807) is 0 Å². The van der Waals surface area contributed by atoms with Gasteiger partial charge in [0, 0.05) is 26.2 Å². The van der Waals surface area contributed by atoms with Crippen LogP contribution in [0.15, 0.2) is 0 Å². The molecule has 5 atom stereocenters. The van der Waals surface area contributed by atoms with Gasteiger partial charge in [0.05, 0.1) is 12.2 Å². The van der Waals surface area contributed by atoms with Gasteiger partial charge >= 0.3 is 0 Å². The van der Waals surface area contributed by atoms with Crippen LogP contribution in [0.25, 0.3) is 0 Å². The molecule has 1 aliphatic rings. The standard InChI is InChI=1S/C18H36O5/c1-4-7-10-21-14-13-15(22-11-8-5-2)18(17(20)16(14)19)23-12-9-6-3/h14-20H,4-13H2,1-3H3/t14?,15-,16?,17-,18?/m0/s1. The topological polar surface area (TPSA) is 68.2 Å². The third-order valence-corrected chi connectivity index (χ3v) is 4.37. The highest BCUT2D eigenvalue weighted by atomic mass is 16.6. The molecule has 0 bridgehead atoms. The predicted molar refractivity (Wildman–Crippen MR) is 90.6 cm³/mol. The van der Waals surface area contributed by atoms with Crippen LogP contribution in [0.4, 0.5) is 0 Å². The van der Waals surface area contributed by atoms with E-state index in [4.69, 9.17) is 14.2 Å². The normalized spacial score (nSPS) is 31.4. The van der Waals surface area contributed by atoms with E-state index < -0.39 is 18.3 Å². The van der Waals surface area contributed by atoms with Gasteiger partial charge < -0.3 is 24.4 Å². The number of hydrogen-bond donors (Lipinski definition) is 2. The fraction of sp³-hybridized carbons (Fsp3) is 1.00. The molecule has 1 fully saturated rings. The summed E-state index contributed by atoms with van der Waals surface area (Å²) in [6, 6.07) is 0. The minimum absolute atomic E-state index is 0.219. The van der Waals surface area contributed by atoms with E-state index in [1.165, 1.54) is 0 Å². The van der Waals surface area contributed by atoms with Crippen molar-refractivity contribution in [2.45, 2.75) is 96.2 Å². The molecular formula is C18H36O5. The third-order valence-electron chi connectivity index (χ3n) is 4.37. The zero-order valence-electron chi connectivity index (χ0n) is 15.1. The highest BCUT2D eigenvalue weighted by Crippen LogP contribution is 2.28. The fourth-order valence-electron chi connectivity index (χ4n) is 2.79. The Labute approximate surface area is 141 Å². The van der Waals surface area contributed by atoms with Gasteiger partial charge in [-0.05, 0) is 19.3 Å². The van der Waals surface area contributed by atoms with E-state index in [0.29, 0.717) is 26.2 Å². The molecule has 0 radical (unpaired) electrons. The van der Waals surface area contributed by atoms with Gasteiger partial charge in [-0.2, -0.15) is 0 Å². The Kier molecular flexibility index (Phi) is 11.1. The highest BCUT2D eigenvalue weighted by molar-refractivity contribution is 4.95. The van der Waals surface area contributed by atoms with E-state index in [2.05, 4.69) is 20.8 Å². The molecule has 1 aliphatic carbocycles. The summed E-state index contributed by atoms with van der Waals surface area (Å²) >= 11 is 0. The lowest BCUT2D eigenvalue weighted by atomic mass is 9.86. The van der Waals surface area contributed by atoms with Crippen molar-refractivity contribution in [1.82, 2.24) is 0 Å². The zero-order valence-corrected chi connectivity index (χ0v) is 15.1. The minimum atomic E-state index is -0.959. The quantitative estimate of drug-likeness (QED) is 0.538. The summed E-state index contributed by atoms with van der Waals surface area (Å²) in [6.07, 6.45) is 3.66. The molecule has 138 valence electrons. The van der Waals surface area contributed by atoms with Crippen molar-refractivity contribution in [3.8, 4) is 0 Å². The summed E-state index contributed by atoms with van der Waals surface area (Å²) in [7, 11) is 0. The van der Waals surface area contributed by atoms with Crippen molar-refractivity contribution < 1.29 is 24.4 Å². The minimum Gasteiger partial charge on any atom is -0.388 e. The third kappa shape index (κ3) is 7.06. The molecule has 23 heavy (non-hydrogen) atoms. The van der Waals surface area contributed by atoms with Crippen LogP contribution in [-0.2, 0) is 14.2 Å². The average Bonchev–Trinajstić information content (AvgIpc) is 2.55. The molecule has 0 aliphatic heterocycles. The summed E-state index contributed by atoms with van der Waals surface area (Å²) < 4.78 is 17.5. The van der Waals surface area contributed by atoms with Crippen LogP contribution in [0.5, 0.6) is 0 Å². The Morgan fingerprint density at radius 1 is 0.696 bits per heavy atom. The molecule has 0 aromatic carbocycles. The van der Waals surface area contributed by atoms with E-state index in [0.717, 1.165) is 38.5 Å². The Bertz CT molecular complexity index is 287. The average molecular weight is 332 g/mol. The first-order valence-corrected chi connectivity index (χ1v) is 9.36. The first-order chi connectivity index (χ1) is 11.2. The smallest absolute Gasteiger partial charge is 0.112 e. The molecule has 1 rings (SSSR count). The Hall–Kier alpha value is -0.200. The van der Waals surface area contributed by atoms with E-state index in [9.17, 15) is 10.2 Å². The van der Waals surface area contributed by atoms with Gasteiger partial charge in [-0.25, -0.2) is 0 Å². The van der Waals surface area contributed by atoms with E-state index in [1.807, 2.05) is 0 Å². The van der Waals surface area contributed by atoms with Crippen LogP contribution in [-0.4, -0.2) is 60.6 Å². The molecule has 0 spiro atoms. The monoisotopic (exact) mass is 332 g/mol. The number of rotatable bonds is 12. The van der Waals surface area contributed by atoms with E-state index in [-0.39, 0.29) is 12.2 Å². The Morgan fingerprint density at radius 2 is 1.17 bits per heavy atom. The lowest BCUT2D eigenvalue weighted by Gasteiger charge is -2.42. The lowest BCUT2D eigenvalue weighted by Crippen LogP contribution is -2.58. The van der Waals surface area contributed by atoms with Crippen LogP contribution in [0.3, 0.4) is 0 Å². The molecule has 0 aromatic rings. The van der Waals surface area contributed by atoms with Crippen LogP contribution >= 0.6 is 0 Å². The summed E-state index contributed by atoms with van der Waals surface area (Å²) in [5.41, 5.74) is 0. The van der Waals surface area contributed by atoms with Crippen LogP contribution < -0.4 is 0 Å². The zero-order chi connectivity index (χ0) is 17.1. The maximum atomic E-state index is 10.5. The van der Waals surface area contributed by atoms with Crippen LogP contribution in [0.1, 0.15) is 65.7 Å². The van der Waals surface area contributed by atoms with Crippen LogP contribution in [0, 0.1) is 0 Å². The van der Waals surface area contributed by atoms with Crippen LogP contribution in [0.2, 0.25) is 0 Å². The van der Waals surface area contributed by atoms with Gasteiger partial charge in [0.2, 0.25) is 0 Å². The van der Waals surface area contributed by atoms with E-state index >= 15 is 0 Å².